The molecule has 0 N–H and O–H groups in total. The van der Waals surface area contributed by atoms with Crippen molar-refractivity contribution >= 4 is 10.9 Å². The Balaban J connectivity index is 2.05. The van der Waals surface area contributed by atoms with Gasteiger partial charge in [-0.15, -0.1) is 0 Å². The minimum absolute atomic E-state index is 1.08. The molecule has 0 spiro atoms. The molecule has 0 saturated heterocycles. The minimum Gasteiger partial charge on any atom is -0.252 e. The van der Waals surface area contributed by atoms with E-state index in [-0.39, 0.29) is 0 Å². The van der Waals surface area contributed by atoms with Crippen molar-refractivity contribution in [2.45, 2.75) is 33.1 Å². The normalized spacial score (nSPS) is 11.0. The predicted octanol–water partition coefficient (Wildman–Crippen LogP) is 7.22. The van der Waals surface area contributed by atoms with E-state index < -0.39 is 0 Å². The van der Waals surface area contributed by atoms with Gasteiger partial charge in [0.2, 0.25) is 0 Å². The Morgan fingerprint density at radius 2 is 1.37 bits per heavy atom. The molecule has 134 valence electrons. The smallest absolute Gasteiger partial charge is 0.0712 e. The van der Waals surface area contributed by atoms with Crippen LogP contribution in [0, 0.1) is 6.92 Å². The largest absolute Gasteiger partial charge is 0.252 e. The molecule has 27 heavy (non-hydrogen) atoms. The first-order chi connectivity index (χ1) is 13.3. The molecule has 4 aromatic rings. The summed E-state index contributed by atoms with van der Waals surface area (Å²) in [5.74, 6) is 0. The monoisotopic (exact) mass is 351 g/mol. The van der Waals surface area contributed by atoms with Gasteiger partial charge in [0.05, 0.1) is 5.52 Å². The van der Waals surface area contributed by atoms with E-state index in [1.54, 1.807) is 0 Å². The second-order valence-corrected chi connectivity index (χ2v) is 7.13. The maximum Gasteiger partial charge on any atom is 0.0712 e. The van der Waals surface area contributed by atoms with E-state index in [9.17, 15) is 0 Å². The Morgan fingerprint density at radius 1 is 0.741 bits per heavy atom. The van der Waals surface area contributed by atoms with Crippen LogP contribution in [0.3, 0.4) is 0 Å². The molecular weight excluding hydrogens is 326 g/mol. The Kier molecular flexibility index (Phi) is 5.02. The molecule has 0 fully saturated rings. The lowest BCUT2D eigenvalue weighted by molar-refractivity contribution is 0.796. The van der Waals surface area contributed by atoms with Gasteiger partial charge in [-0.3, -0.25) is 4.98 Å². The summed E-state index contributed by atoms with van der Waals surface area (Å²) in [4.78, 5) is 4.96. The zero-order valence-corrected chi connectivity index (χ0v) is 16.1. The van der Waals surface area contributed by atoms with E-state index in [4.69, 9.17) is 4.98 Å². The lowest BCUT2D eigenvalue weighted by atomic mass is 9.89. The van der Waals surface area contributed by atoms with Gasteiger partial charge >= 0.3 is 0 Å². The standard InChI is InChI=1S/C26H25N/c1-3-4-11-20-16-17-24-23(18-20)26(22-14-9-6-10-15-22)25(19(2)27-24)21-12-7-5-8-13-21/h5-10,12-18H,3-4,11H2,1-2H3. The molecule has 1 heterocycles. The molecule has 1 heteroatoms. The van der Waals surface area contributed by atoms with E-state index in [0.29, 0.717) is 0 Å². The number of aromatic nitrogens is 1. The molecule has 0 aliphatic heterocycles. The van der Waals surface area contributed by atoms with Gasteiger partial charge in [0.1, 0.15) is 0 Å². The lowest BCUT2D eigenvalue weighted by Gasteiger charge is -2.17. The van der Waals surface area contributed by atoms with E-state index in [0.717, 1.165) is 17.6 Å². The van der Waals surface area contributed by atoms with Gasteiger partial charge in [-0.2, -0.15) is 0 Å². The van der Waals surface area contributed by atoms with Crippen LogP contribution < -0.4 is 0 Å². The third-order valence-corrected chi connectivity index (χ3v) is 5.17. The molecule has 0 atom stereocenters. The topological polar surface area (TPSA) is 12.9 Å². The zero-order chi connectivity index (χ0) is 18.6. The first kappa shape index (κ1) is 17.5. The average molecular weight is 351 g/mol. The summed E-state index contributed by atoms with van der Waals surface area (Å²) in [6.07, 6.45) is 3.55. The van der Waals surface area contributed by atoms with Crippen molar-refractivity contribution in [2.75, 3.05) is 0 Å². The van der Waals surface area contributed by atoms with E-state index in [1.165, 1.54) is 46.0 Å². The van der Waals surface area contributed by atoms with Crippen LogP contribution in [0.15, 0.2) is 78.9 Å². The average Bonchev–Trinajstić information content (AvgIpc) is 2.72. The summed E-state index contributed by atoms with van der Waals surface area (Å²) >= 11 is 0. The summed E-state index contributed by atoms with van der Waals surface area (Å²) < 4.78 is 0. The zero-order valence-electron chi connectivity index (χ0n) is 16.1. The van der Waals surface area contributed by atoms with Crippen LogP contribution in [-0.2, 0) is 6.42 Å². The van der Waals surface area contributed by atoms with Crippen molar-refractivity contribution in [2.24, 2.45) is 0 Å². The van der Waals surface area contributed by atoms with Gasteiger partial charge in [0.25, 0.3) is 0 Å². The molecular formula is C26H25N. The van der Waals surface area contributed by atoms with E-state index in [1.807, 2.05) is 0 Å². The lowest BCUT2D eigenvalue weighted by Crippen LogP contribution is -1.96. The van der Waals surface area contributed by atoms with Crippen molar-refractivity contribution < 1.29 is 0 Å². The van der Waals surface area contributed by atoms with Crippen LogP contribution in [0.5, 0.6) is 0 Å². The van der Waals surface area contributed by atoms with Crippen LogP contribution >= 0.6 is 0 Å². The summed E-state index contributed by atoms with van der Waals surface area (Å²) in [7, 11) is 0. The van der Waals surface area contributed by atoms with Crippen molar-refractivity contribution in [3.8, 4) is 22.3 Å². The number of hydrogen-bond donors (Lipinski definition) is 0. The molecule has 4 rings (SSSR count). The fourth-order valence-corrected chi connectivity index (χ4v) is 3.83. The maximum atomic E-state index is 4.96. The van der Waals surface area contributed by atoms with Gasteiger partial charge in [-0.05, 0) is 48.6 Å². The molecule has 0 aliphatic rings. The number of pyridine rings is 1. The van der Waals surface area contributed by atoms with Gasteiger partial charge in [0.15, 0.2) is 0 Å². The third kappa shape index (κ3) is 3.50. The van der Waals surface area contributed by atoms with Gasteiger partial charge in [-0.1, -0.05) is 80.1 Å². The molecule has 0 bridgehead atoms. The number of nitrogens with zero attached hydrogens (tertiary/aromatic N) is 1. The number of hydrogen-bond acceptors (Lipinski definition) is 1. The summed E-state index contributed by atoms with van der Waals surface area (Å²) in [6, 6.07) is 28.1. The number of rotatable bonds is 5. The maximum absolute atomic E-state index is 4.96. The molecule has 0 saturated carbocycles. The number of benzene rings is 3. The molecule has 1 aromatic heterocycles. The quantitative estimate of drug-likeness (QED) is 0.370. The van der Waals surface area contributed by atoms with E-state index >= 15 is 0 Å². The fourth-order valence-electron chi connectivity index (χ4n) is 3.83. The molecule has 0 unspecified atom stereocenters. The van der Waals surface area contributed by atoms with Crippen LogP contribution in [0.25, 0.3) is 33.2 Å². The first-order valence-electron chi connectivity index (χ1n) is 9.82. The minimum atomic E-state index is 1.08. The van der Waals surface area contributed by atoms with Gasteiger partial charge < -0.3 is 0 Å². The molecule has 0 aliphatic carbocycles. The second kappa shape index (κ2) is 7.75. The third-order valence-electron chi connectivity index (χ3n) is 5.17. The number of aryl methyl sites for hydroxylation is 2. The molecule has 0 radical (unpaired) electrons. The Hall–Kier alpha value is -2.93. The van der Waals surface area contributed by atoms with Crippen molar-refractivity contribution in [3.05, 3.63) is 90.1 Å². The highest BCUT2D eigenvalue weighted by atomic mass is 14.7. The summed E-state index contributed by atoms with van der Waals surface area (Å²) in [5, 5.41) is 1.25. The van der Waals surface area contributed by atoms with Crippen molar-refractivity contribution in [3.63, 3.8) is 0 Å². The van der Waals surface area contributed by atoms with Crippen LogP contribution in [-0.4, -0.2) is 4.98 Å². The van der Waals surface area contributed by atoms with Gasteiger partial charge in [0, 0.05) is 22.2 Å². The Labute approximate surface area is 161 Å². The highest BCUT2D eigenvalue weighted by Crippen LogP contribution is 2.39. The highest BCUT2D eigenvalue weighted by Gasteiger charge is 2.16. The molecule has 3 aromatic carbocycles. The summed E-state index contributed by atoms with van der Waals surface area (Å²) in [6.45, 7) is 4.37. The molecule has 0 amide bonds. The summed E-state index contributed by atoms with van der Waals surface area (Å²) in [5.41, 5.74) is 8.55. The highest BCUT2D eigenvalue weighted by molar-refractivity contribution is 6.03. The number of unbranched alkanes of at least 4 members (excludes halogenated alkanes) is 1. The van der Waals surface area contributed by atoms with Crippen LogP contribution in [0.1, 0.15) is 31.0 Å². The SMILES string of the molecule is CCCCc1ccc2nc(C)c(-c3ccccc3)c(-c3ccccc3)c2c1. The van der Waals surface area contributed by atoms with Crippen molar-refractivity contribution in [1.29, 1.82) is 0 Å². The van der Waals surface area contributed by atoms with Crippen LogP contribution in [0.2, 0.25) is 0 Å². The van der Waals surface area contributed by atoms with Crippen molar-refractivity contribution in [1.82, 2.24) is 4.98 Å². The Bertz CT molecular complexity index is 1050. The predicted molar refractivity (Wildman–Crippen MR) is 116 cm³/mol. The number of fused-ring (bicyclic) bond motifs is 1. The first-order valence-corrected chi connectivity index (χ1v) is 9.82. The fraction of sp³-hybridized carbons (Fsp3) is 0.192. The van der Waals surface area contributed by atoms with Crippen LogP contribution in [0.4, 0.5) is 0 Å². The second-order valence-electron chi connectivity index (χ2n) is 7.13. The van der Waals surface area contributed by atoms with E-state index in [2.05, 4.69) is 92.7 Å². The Morgan fingerprint density at radius 3 is 2.00 bits per heavy atom. The molecule has 1 nitrogen and oxygen atoms in total. The van der Waals surface area contributed by atoms with Gasteiger partial charge in [-0.25, -0.2) is 0 Å².